The second-order valence-corrected chi connectivity index (χ2v) is 9.05. The maximum Gasteiger partial charge on any atom is 0.159 e. The molecule has 0 radical (unpaired) electrons. The van der Waals surface area contributed by atoms with Gasteiger partial charge in [0.05, 0.1) is 25.6 Å². The van der Waals surface area contributed by atoms with E-state index in [-0.39, 0.29) is 0 Å². The predicted octanol–water partition coefficient (Wildman–Crippen LogP) is 8.03. The van der Waals surface area contributed by atoms with Crippen molar-refractivity contribution in [2.24, 2.45) is 0 Å². The molecule has 1 aromatic heterocycles. The second-order valence-electron chi connectivity index (χ2n) is 9.05. The van der Waals surface area contributed by atoms with Crippen LogP contribution in [0.4, 0.5) is 0 Å². The van der Waals surface area contributed by atoms with Crippen LogP contribution in [0.15, 0.2) is 36.7 Å². The van der Waals surface area contributed by atoms with Crippen LogP contribution in [-0.2, 0) is 4.74 Å². The Bertz CT molecular complexity index is 719. The van der Waals surface area contributed by atoms with E-state index in [4.69, 9.17) is 14.2 Å². The summed E-state index contributed by atoms with van der Waals surface area (Å²) in [6.07, 6.45) is 21.3. The Labute approximate surface area is 207 Å². The van der Waals surface area contributed by atoms with Crippen LogP contribution >= 0.6 is 0 Å². The van der Waals surface area contributed by atoms with E-state index in [1.807, 2.05) is 24.3 Å². The summed E-state index contributed by atoms with van der Waals surface area (Å²) in [4.78, 5) is 8.91. The molecule has 1 aromatic carbocycles. The third-order valence-electron chi connectivity index (χ3n) is 6.02. The van der Waals surface area contributed by atoms with Crippen LogP contribution in [0.1, 0.15) is 96.8 Å². The summed E-state index contributed by atoms with van der Waals surface area (Å²) in [5.41, 5.74) is 0.982. The third-order valence-corrected chi connectivity index (χ3v) is 6.02. The minimum Gasteiger partial charge on any atom is -0.494 e. The molecular weight excluding hydrogens is 424 g/mol. The summed E-state index contributed by atoms with van der Waals surface area (Å²) < 4.78 is 16.7. The SMILES string of the molecule is CCCCCCCCCCCCOc1ccc(-c2ncc(OCCCCCCOC)cn2)cc1. The lowest BCUT2D eigenvalue weighted by atomic mass is 10.1. The van der Waals surface area contributed by atoms with Gasteiger partial charge in [0.1, 0.15) is 5.75 Å². The Morgan fingerprint density at radius 2 is 1.03 bits per heavy atom. The number of unbranched alkanes of at least 4 members (excludes halogenated alkanes) is 12. The molecule has 0 unspecified atom stereocenters. The minimum absolute atomic E-state index is 0.695. The van der Waals surface area contributed by atoms with Crippen molar-refractivity contribution in [3.05, 3.63) is 36.7 Å². The molecule has 0 amide bonds. The largest absolute Gasteiger partial charge is 0.494 e. The van der Waals surface area contributed by atoms with Crippen molar-refractivity contribution in [1.82, 2.24) is 9.97 Å². The van der Waals surface area contributed by atoms with Gasteiger partial charge in [0.15, 0.2) is 11.6 Å². The molecule has 0 saturated heterocycles. The van der Waals surface area contributed by atoms with Crippen molar-refractivity contribution >= 4 is 0 Å². The number of hydrogen-bond acceptors (Lipinski definition) is 5. The van der Waals surface area contributed by atoms with Gasteiger partial charge in [-0.05, 0) is 49.9 Å². The molecule has 5 heteroatoms. The monoisotopic (exact) mass is 470 g/mol. The molecule has 0 aliphatic heterocycles. The molecule has 0 bridgehead atoms. The highest BCUT2D eigenvalue weighted by Crippen LogP contribution is 2.21. The van der Waals surface area contributed by atoms with Crippen molar-refractivity contribution in [2.45, 2.75) is 96.8 Å². The van der Waals surface area contributed by atoms with Gasteiger partial charge in [0.25, 0.3) is 0 Å². The number of benzene rings is 1. The fourth-order valence-corrected chi connectivity index (χ4v) is 3.91. The molecule has 0 aliphatic rings. The predicted molar refractivity (Wildman–Crippen MR) is 141 cm³/mol. The maximum absolute atomic E-state index is 5.91. The summed E-state index contributed by atoms with van der Waals surface area (Å²) in [5.74, 6) is 2.33. The smallest absolute Gasteiger partial charge is 0.159 e. The molecule has 0 atom stereocenters. The van der Waals surface area contributed by atoms with Crippen molar-refractivity contribution in [3.8, 4) is 22.9 Å². The lowest BCUT2D eigenvalue weighted by Crippen LogP contribution is -2.00. The number of rotatable bonds is 21. The highest BCUT2D eigenvalue weighted by Gasteiger charge is 2.03. The third kappa shape index (κ3) is 12.9. The van der Waals surface area contributed by atoms with Gasteiger partial charge < -0.3 is 14.2 Å². The molecule has 0 spiro atoms. The number of hydrogen-bond donors (Lipinski definition) is 0. The zero-order valence-electron chi connectivity index (χ0n) is 21.6. The summed E-state index contributed by atoms with van der Waals surface area (Å²) in [7, 11) is 1.74. The lowest BCUT2D eigenvalue weighted by molar-refractivity contribution is 0.191. The number of nitrogens with zero attached hydrogens (tertiary/aromatic N) is 2. The van der Waals surface area contributed by atoms with E-state index >= 15 is 0 Å². The molecule has 5 nitrogen and oxygen atoms in total. The Balaban J connectivity index is 1.56. The first-order chi connectivity index (χ1) is 16.8. The zero-order valence-corrected chi connectivity index (χ0v) is 21.6. The first kappa shape index (κ1) is 28.1. The van der Waals surface area contributed by atoms with Gasteiger partial charge >= 0.3 is 0 Å². The molecular formula is C29H46N2O3. The Morgan fingerprint density at radius 1 is 0.559 bits per heavy atom. The minimum atomic E-state index is 0.695. The van der Waals surface area contributed by atoms with Crippen LogP contribution < -0.4 is 9.47 Å². The average Bonchev–Trinajstić information content (AvgIpc) is 2.87. The van der Waals surface area contributed by atoms with E-state index in [1.165, 1.54) is 64.2 Å². The van der Waals surface area contributed by atoms with Crippen LogP contribution in [-0.4, -0.2) is 36.9 Å². The molecule has 34 heavy (non-hydrogen) atoms. The van der Waals surface area contributed by atoms with E-state index in [9.17, 15) is 0 Å². The summed E-state index contributed by atoms with van der Waals surface area (Å²) >= 11 is 0. The van der Waals surface area contributed by atoms with E-state index in [1.54, 1.807) is 19.5 Å². The van der Waals surface area contributed by atoms with Crippen LogP contribution in [0.3, 0.4) is 0 Å². The van der Waals surface area contributed by atoms with E-state index in [0.29, 0.717) is 12.4 Å². The van der Waals surface area contributed by atoms with E-state index < -0.39 is 0 Å². The van der Waals surface area contributed by atoms with Gasteiger partial charge in [-0.1, -0.05) is 71.1 Å². The van der Waals surface area contributed by atoms with Gasteiger partial charge in [-0.25, -0.2) is 9.97 Å². The van der Waals surface area contributed by atoms with Gasteiger partial charge in [0, 0.05) is 19.3 Å². The first-order valence-corrected chi connectivity index (χ1v) is 13.5. The van der Waals surface area contributed by atoms with Crippen LogP contribution in [0.2, 0.25) is 0 Å². The molecule has 190 valence electrons. The molecule has 0 saturated carbocycles. The Morgan fingerprint density at radius 3 is 1.56 bits per heavy atom. The number of aromatic nitrogens is 2. The summed E-state index contributed by atoms with van der Waals surface area (Å²) in [5, 5.41) is 0. The second kappa shape index (κ2) is 19.2. The van der Waals surface area contributed by atoms with E-state index in [2.05, 4.69) is 16.9 Å². The Kier molecular flexibility index (Phi) is 15.9. The standard InChI is InChI=1S/C29H46N2O3/c1-3-4-5-6-7-8-9-10-11-15-22-33-27-19-17-26(18-20-27)29-30-24-28(25-31-29)34-23-16-13-12-14-21-32-2/h17-20,24-25H,3-16,21-23H2,1-2H3. The van der Waals surface area contributed by atoms with E-state index in [0.717, 1.165) is 56.0 Å². The van der Waals surface area contributed by atoms with Crippen molar-refractivity contribution in [2.75, 3.05) is 26.9 Å². The highest BCUT2D eigenvalue weighted by atomic mass is 16.5. The highest BCUT2D eigenvalue weighted by molar-refractivity contribution is 5.56. The van der Waals surface area contributed by atoms with Gasteiger partial charge in [0.2, 0.25) is 0 Å². The maximum atomic E-state index is 5.91. The molecule has 0 N–H and O–H groups in total. The fourth-order valence-electron chi connectivity index (χ4n) is 3.91. The first-order valence-electron chi connectivity index (χ1n) is 13.5. The number of ether oxygens (including phenoxy) is 3. The van der Waals surface area contributed by atoms with Crippen LogP contribution in [0.5, 0.6) is 11.5 Å². The topological polar surface area (TPSA) is 53.5 Å². The van der Waals surface area contributed by atoms with Gasteiger partial charge in [-0.2, -0.15) is 0 Å². The van der Waals surface area contributed by atoms with Crippen LogP contribution in [0, 0.1) is 0 Å². The van der Waals surface area contributed by atoms with Crippen molar-refractivity contribution in [3.63, 3.8) is 0 Å². The van der Waals surface area contributed by atoms with Crippen molar-refractivity contribution < 1.29 is 14.2 Å². The van der Waals surface area contributed by atoms with Crippen molar-refractivity contribution in [1.29, 1.82) is 0 Å². The summed E-state index contributed by atoms with van der Waals surface area (Å²) in [6.45, 7) is 4.59. The van der Waals surface area contributed by atoms with Crippen LogP contribution in [0.25, 0.3) is 11.4 Å². The zero-order chi connectivity index (χ0) is 24.1. The molecule has 0 aliphatic carbocycles. The molecule has 0 fully saturated rings. The molecule has 2 rings (SSSR count). The Hall–Kier alpha value is -2.14. The average molecular weight is 471 g/mol. The lowest BCUT2D eigenvalue weighted by Gasteiger charge is -2.08. The molecule has 2 aromatic rings. The fraction of sp³-hybridized carbons (Fsp3) is 0.655. The number of methoxy groups -OCH3 is 1. The summed E-state index contributed by atoms with van der Waals surface area (Å²) in [6, 6.07) is 8.04. The van der Waals surface area contributed by atoms with Gasteiger partial charge in [-0.15, -0.1) is 0 Å². The quantitative estimate of drug-likeness (QED) is 0.173. The normalized spacial score (nSPS) is 11.0. The molecule has 1 heterocycles. The van der Waals surface area contributed by atoms with Gasteiger partial charge in [-0.3, -0.25) is 0 Å².